The van der Waals surface area contributed by atoms with Crippen molar-refractivity contribution in [2.24, 2.45) is 0 Å². The first kappa shape index (κ1) is 13.5. The number of carbonyl (C=O) groups excluding carboxylic acids is 1. The van der Waals surface area contributed by atoms with Gasteiger partial charge in [-0.15, -0.1) is 0 Å². The number of aliphatic hydroxyl groups is 1. The SMILES string of the molecule is Cc1ccc(C(=O)N2C[C@H](O)C[C@@H]2C(=O)O)cc1F. The van der Waals surface area contributed by atoms with Crippen LogP contribution in [0.3, 0.4) is 0 Å². The van der Waals surface area contributed by atoms with Crippen molar-refractivity contribution in [1.82, 2.24) is 4.90 Å². The molecule has 0 bridgehead atoms. The molecule has 0 radical (unpaired) electrons. The number of hydrogen-bond acceptors (Lipinski definition) is 3. The summed E-state index contributed by atoms with van der Waals surface area (Å²) in [5, 5.41) is 18.5. The summed E-state index contributed by atoms with van der Waals surface area (Å²) in [5.74, 6) is -2.27. The second kappa shape index (κ2) is 4.97. The van der Waals surface area contributed by atoms with Crippen LogP contribution >= 0.6 is 0 Å². The predicted molar refractivity (Wildman–Crippen MR) is 64.2 cm³/mol. The summed E-state index contributed by atoms with van der Waals surface area (Å²) in [6, 6.07) is 2.93. The number of benzene rings is 1. The van der Waals surface area contributed by atoms with Gasteiger partial charge in [-0.1, -0.05) is 6.07 Å². The van der Waals surface area contributed by atoms with E-state index in [-0.39, 0.29) is 18.5 Å². The molecule has 102 valence electrons. The van der Waals surface area contributed by atoms with E-state index in [1.165, 1.54) is 12.1 Å². The van der Waals surface area contributed by atoms with Gasteiger partial charge in [-0.05, 0) is 24.6 Å². The Morgan fingerprint density at radius 1 is 1.42 bits per heavy atom. The summed E-state index contributed by atoms with van der Waals surface area (Å²) in [7, 11) is 0. The number of halogens is 1. The van der Waals surface area contributed by atoms with Crippen molar-refractivity contribution in [3.8, 4) is 0 Å². The number of carboxylic acid groups (broad SMARTS) is 1. The molecule has 2 N–H and O–H groups in total. The molecule has 1 aliphatic heterocycles. The lowest BCUT2D eigenvalue weighted by atomic mass is 10.1. The minimum Gasteiger partial charge on any atom is -0.480 e. The van der Waals surface area contributed by atoms with Gasteiger partial charge in [0.15, 0.2) is 0 Å². The second-order valence-corrected chi connectivity index (χ2v) is 4.67. The molecule has 2 rings (SSSR count). The second-order valence-electron chi connectivity index (χ2n) is 4.67. The highest BCUT2D eigenvalue weighted by molar-refractivity contribution is 5.97. The number of aliphatic hydroxyl groups excluding tert-OH is 1. The van der Waals surface area contributed by atoms with Crippen molar-refractivity contribution in [2.75, 3.05) is 6.54 Å². The fourth-order valence-corrected chi connectivity index (χ4v) is 2.16. The highest BCUT2D eigenvalue weighted by Crippen LogP contribution is 2.21. The molecule has 2 atom stereocenters. The van der Waals surface area contributed by atoms with Crippen LogP contribution in [0.1, 0.15) is 22.3 Å². The minimum absolute atomic E-state index is 0.00455. The van der Waals surface area contributed by atoms with Crippen molar-refractivity contribution in [3.63, 3.8) is 0 Å². The van der Waals surface area contributed by atoms with Gasteiger partial charge in [0.1, 0.15) is 11.9 Å². The predicted octanol–water partition coefficient (Wildman–Crippen LogP) is 0.794. The Hall–Kier alpha value is -1.95. The van der Waals surface area contributed by atoms with E-state index in [2.05, 4.69) is 0 Å². The smallest absolute Gasteiger partial charge is 0.326 e. The Balaban J connectivity index is 2.27. The monoisotopic (exact) mass is 267 g/mol. The van der Waals surface area contributed by atoms with Crippen LogP contribution in [0.25, 0.3) is 0 Å². The highest BCUT2D eigenvalue weighted by Gasteiger charge is 2.39. The maximum absolute atomic E-state index is 13.4. The number of carbonyl (C=O) groups is 2. The van der Waals surface area contributed by atoms with Gasteiger partial charge in [-0.2, -0.15) is 0 Å². The molecule has 0 unspecified atom stereocenters. The maximum Gasteiger partial charge on any atom is 0.326 e. The molecule has 1 fully saturated rings. The highest BCUT2D eigenvalue weighted by atomic mass is 19.1. The third kappa shape index (κ3) is 2.58. The van der Waals surface area contributed by atoms with E-state index >= 15 is 0 Å². The van der Waals surface area contributed by atoms with Crippen LogP contribution in [0, 0.1) is 12.7 Å². The van der Waals surface area contributed by atoms with Gasteiger partial charge in [0.05, 0.1) is 6.10 Å². The van der Waals surface area contributed by atoms with Gasteiger partial charge in [-0.3, -0.25) is 4.79 Å². The maximum atomic E-state index is 13.4. The molecule has 0 aliphatic carbocycles. The number of aliphatic carboxylic acids is 1. The molecule has 5 nitrogen and oxygen atoms in total. The summed E-state index contributed by atoms with van der Waals surface area (Å²) in [5.41, 5.74) is 0.497. The molecule has 1 saturated heterocycles. The Morgan fingerprint density at radius 2 is 2.11 bits per heavy atom. The topological polar surface area (TPSA) is 77.8 Å². The fraction of sp³-hybridized carbons (Fsp3) is 0.385. The first-order chi connectivity index (χ1) is 8.90. The quantitative estimate of drug-likeness (QED) is 0.830. The molecule has 0 aromatic heterocycles. The number of rotatable bonds is 2. The van der Waals surface area contributed by atoms with Crippen molar-refractivity contribution >= 4 is 11.9 Å². The molecule has 0 saturated carbocycles. The van der Waals surface area contributed by atoms with Crippen molar-refractivity contribution in [2.45, 2.75) is 25.5 Å². The number of carboxylic acids is 1. The molecule has 6 heteroatoms. The summed E-state index contributed by atoms with van der Waals surface area (Å²) in [6.07, 6.45) is -0.865. The standard InChI is InChI=1S/C13H14FNO4/c1-7-2-3-8(4-10(7)14)12(17)15-6-9(16)5-11(15)13(18)19/h2-4,9,11,16H,5-6H2,1H3,(H,18,19)/t9-,11-/m1/s1. The summed E-state index contributed by atoms with van der Waals surface area (Å²) < 4.78 is 13.4. The van der Waals surface area contributed by atoms with Crippen LogP contribution in [-0.4, -0.2) is 45.7 Å². The summed E-state index contributed by atoms with van der Waals surface area (Å²) in [4.78, 5) is 24.3. The molecular formula is C13H14FNO4. The van der Waals surface area contributed by atoms with E-state index in [0.717, 1.165) is 11.0 Å². The lowest BCUT2D eigenvalue weighted by Crippen LogP contribution is -2.40. The van der Waals surface area contributed by atoms with Crippen LogP contribution in [0.15, 0.2) is 18.2 Å². The Bertz CT molecular complexity index is 531. The Kier molecular flexibility index (Phi) is 3.53. The average molecular weight is 267 g/mol. The first-order valence-electron chi connectivity index (χ1n) is 5.88. The van der Waals surface area contributed by atoms with Gasteiger partial charge in [-0.25, -0.2) is 9.18 Å². The van der Waals surface area contributed by atoms with Crippen LogP contribution < -0.4 is 0 Å². The van der Waals surface area contributed by atoms with Crippen LogP contribution in [0.4, 0.5) is 4.39 Å². The van der Waals surface area contributed by atoms with Gasteiger partial charge < -0.3 is 15.1 Å². The number of hydrogen-bond donors (Lipinski definition) is 2. The third-order valence-corrected chi connectivity index (χ3v) is 3.24. The fourth-order valence-electron chi connectivity index (χ4n) is 2.16. The van der Waals surface area contributed by atoms with Crippen LogP contribution in [0.5, 0.6) is 0 Å². The molecule has 1 aromatic rings. The Morgan fingerprint density at radius 3 is 2.68 bits per heavy atom. The van der Waals surface area contributed by atoms with E-state index in [4.69, 9.17) is 5.11 Å². The zero-order valence-corrected chi connectivity index (χ0v) is 10.3. The average Bonchev–Trinajstić information content (AvgIpc) is 2.74. The van der Waals surface area contributed by atoms with E-state index in [9.17, 15) is 19.1 Å². The number of amides is 1. The van der Waals surface area contributed by atoms with Crippen molar-refractivity contribution in [1.29, 1.82) is 0 Å². The zero-order chi connectivity index (χ0) is 14.2. The number of aryl methyl sites for hydroxylation is 1. The van der Waals surface area contributed by atoms with E-state index in [0.29, 0.717) is 5.56 Å². The molecule has 1 amide bonds. The normalized spacial score (nSPS) is 22.6. The van der Waals surface area contributed by atoms with Crippen molar-refractivity contribution < 1.29 is 24.2 Å². The molecule has 19 heavy (non-hydrogen) atoms. The first-order valence-corrected chi connectivity index (χ1v) is 5.88. The number of nitrogens with zero attached hydrogens (tertiary/aromatic N) is 1. The van der Waals surface area contributed by atoms with Gasteiger partial charge in [0.2, 0.25) is 0 Å². The van der Waals surface area contributed by atoms with Gasteiger partial charge in [0, 0.05) is 18.5 Å². The van der Waals surface area contributed by atoms with Crippen LogP contribution in [0.2, 0.25) is 0 Å². The Labute approximate surface area is 109 Å². The number of β-amino-alcohol motifs (C(OH)–C–C–N with tert-alkyl or cyclic N) is 1. The molecule has 0 spiro atoms. The third-order valence-electron chi connectivity index (χ3n) is 3.24. The van der Waals surface area contributed by atoms with E-state index < -0.39 is 29.8 Å². The lowest BCUT2D eigenvalue weighted by Gasteiger charge is -2.21. The van der Waals surface area contributed by atoms with E-state index in [1.807, 2.05) is 0 Å². The van der Waals surface area contributed by atoms with Gasteiger partial charge in [0.25, 0.3) is 5.91 Å². The van der Waals surface area contributed by atoms with Gasteiger partial charge >= 0.3 is 5.97 Å². The van der Waals surface area contributed by atoms with Crippen molar-refractivity contribution in [3.05, 3.63) is 35.1 Å². The van der Waals surface area contributed by atoms with Crippen LogP contribution in [-0.2, 0) is 4.79 Å². The summed E-state index contributed by atoms with van der Waals surface area (Å²) >= 11 is 0. The number of likely N-dealkylation sites (tertiary alicyclic amines) is 1. The molecule has 1 heterocycles. The molecular weight excluding hydrogens is 253 g/mol. The lowest BCUT2D eigenvalue weighted by molar-refractivity contribution is -0.141. The minimum atomic E-state index is -1.17. The molecule has 1 aromatic carbocycles. The van der Waals surface area contributed by atoms with E-state index in [1.54, 1.807) is 6.92 Å². The largest absolute Gasteiger partial charge is 0.480 e. The zero-order valence-electron chi connectivity index (χ0n) is 10.3. The molecule has 1 aliphatic rings. The summed E-state index contributed by atoms with van der Waals surface area (Å²) in [6.45, 7) is 1.52.